The summed E-state index contributed by atoms with van der Waals surface area (Å²) < 4.78 is 0. The minimum Gasteiger partial charge on any atom is -0.350 e. The molecule has 2 N–H and O–H groups in total. The summed E-state index contributed by atoms with van der Waals surface area (Å²) in [6.45, 7) is 4.37. The fourth-order valence-electron chi connectivity index (χ4n) is 1.84. The van der Waals surface area contributed by atoms with Gasteiger partial charge in [-0.3, -0.25) is 0 Å². The zero-order valence-corrected chi connectivity index (χ0v) is 11.1. The van der Waals surface area contributed by atoms with Crippen molar-refractivity contribution in [3.05, 3.63) is 30.3 Å². The molecule has 3 heteroatoms. The number of fused-ring (bicyclic) bond motifs is 1. The topological polar surface area (TPSA) is 27.8 Å². The fraction of sp³-hybridized carbons (Fsp3) is 0.429. The number of aromatic amines is 1. The average Bonchev–Trinajstić information content (AvgIpc) is 2.76. The lowest BCUT2D eigenvalue weighted by molar-refractivity contribution is 0.666. The van der Waals surface area contributed by atoms with Gasteiger partial charge in [-0.1, -0.05) is 25.1 Å². The zero-order chi connectivity index (χ0) is 11.9. The number of H-pyrrole nitrogens is 1. The van der Waals surface area contributed by atoms with Crippen LogP contribution in [0.4, 0.5) is 0 Å². The summed E-state index contributed by atoms with van der Waals surface area (Å²) in [5.74, 6) is 1.19. The highest BCUT2D eigenvalue weighted by Crippen LogP contribution is 2.23. The van der Waals surface area contributed by atoms with Gasteiger partial charge in [0.1, 0.15) is 0 Å². The van der Waals surface area contributed by atoms with E-state index in [0.29, 0.717) is 0 Å². The molecule has 2 aromatic rings. The van der Waals surface area contributed by atoms with Gasteiger partial charge in [0.05, 0.1) is 5.03 Å². The molecular formula is C14H20N2S. The number of unbranched alkanes of at least 4 members (excludes halogenated alkanes) is 1. The molecule has 0 fully saturated rings. The van der Waals surface area contributed by atoms with Gasteiger partial charge in [0, 0.05) is 10.9 Å². The van der Waals surface area contributed by atoms with Gasteiger partial charge in [-0.25, -0.2) is 0 Å². The molecule has 0 atom stereocenters. The summed E-state index contributed by atoms with van der Waals surface area (Å²) in [6.07, 6.45) is 2.54. The lowest BCUT2D eigenvalue weighted by atomic mass is 10.3. The van der Waals surface area contributed by atoms with Gasteiger partial charge < -0.3 is 10.3 Å². The molecule has 2 nitrogen and oxygen atoms in total. The number of nitrogens with one attached hydrogen (secondary N) is 2. The Morgan fingerprint density at radius 1 is 1.24 bits per heavy atom. The molecule has 0 spiro atoms. The Kier molecular flexibility index (Phi) is 4.95. The molecule has 1 aromatic carbocycles. The lowest BCUT2D eigenvalue weighted by Gasteiger charge is -2.00. The van der Waals surface area contributed by atoms with E-state index >= 15 is 0 Å². The third-order valence-electron chi connectivity index (χ3n) is 2.76. The second-order valence-electron chi connectivity index (χ2n) is 4.13. The molecule has 0 aliphatic carbocycles. The van der Waals surface area contributed by atoms with E-state index in [0.717, 1.165) is 13.1 Å². The van der Waals surface area contributed by atoms with Crippen LogP contribution in [0.5, 0.6) is 0 Å². The van der Waals surface area contributed by atoms with Crippen LogP contribution in [-0.4, -0.2) is 23.8 Å². The summed E-state index contributed by atoms with van der Waals surface area (Å²) in [4.78, 5) is 3.44. The van der Waals surface area contributed by atoms with E-state index in [1.165, 1.54) is 34.5 Å². The molecule has 0 radical (unpaired) electrons. The van der Waals surface area contributed by atoms with E-state index in [2.05, 4.69) is 47.6 Å². The summed E-state index contributed by atoms with van der Waals surface area (Å²) in [5, 5.41) is 5.95. The molecular weight excluding hydrogens is 228 g/mol. The first-order valence-electron chi connectivity index (χ1n) is 6.31. The minimum atomic E-state index is 1.08. The maximum absolute atomic E-state index is 3.44. The van der Waals surface area contributed by atoms with Crippen LogP contribution in [-0.2, 0) is 0 Å². The summed E-state index contributed by atoms with van der Waals surface area (Å²) in [5.41, 5.74) is 1.24. The Labute approximate surface area is 107 Å². The Morgan fingerprint density at radius 2 is 2.12 bits per heavy atom. The van der Waals surface area contributed by atoms with Crippen molar-refractivity contribution in [1.82, 2.24) is 10.3 Å². The number of thioether (sulfide) groups is 1. The minimum absolute atomic E-state index is 1.08. The molecule has 0 saturated heterocycles. The Morgan fingerprint density at radius 3 is 2.94 bits per heavy atom. The van der Waals surface area contributed by atoms with Crippen LogP contribution in [0, 0.1) is 0 Å². The normalized spacial score (nSPS) is 11.1. The number of rotatable bonds is 7. The van der Waals surface area contributed by atoms with Crippen molar-refractivity contribution in [2.45, 2.75) is 24.8 Å². The van der Waals surface area contributed by atoms with E-state index in [9.17, 15) is 0 Å². The number of para-hydroxylation sites is 1. The van der Waals surface area contributed by atoms with Crippen LogP contribution in [0.3, 0.4) is 0 Å². The van der Waals surface area contributed by atoms with Crippen molar-refractivity contribution in [3.63, 3.8) is 0 Å². The molecule has 17 heavy (non-hydrogen) atoms. The fourth-order valence-corrected chi connectivity index (χ4v) is 2.80. The first-order valence-corrected chi connectivity index (χ1v) is 7.30. The average molecular weight is 248 g/mol. The number of hydrogen-bond donors (Lipinski definition) is 2. The van der Waals surface area contributed by atoms with Gasteiger partial charge >= 0.3 is 0 Å². The van der Waals surface area contributed by atoms with Crippen molar-refractivity contribution < 1.29 is 0 Å². The van der Waals surface area contributed by atoms with Gasteiger partial charge in [0.15, 0.2) is 0 Å². The molecule has 1 aromatic heterocycles. The molecule has 2 rings (SSSR count). The van der Waals surface area contributed by atoms with Crippen molar-refractivity contribution >= 4 is 22.7 Å². The van der Waals surface area contributed by atoms with Gasteiger partial charge in [0.2, 0.25) is 0 Å². The SMILES string of the molecule is CCNCCCCSc1cc2ccccc2[nH]1. The quantitative estimate of drug-likeness (QED) is 0.578. The first-order chi connectivity index (χ1) is 8.40. The van der Waals surface area contributed by atoms with Gasteiger partial charge in [0.25, 0.3) is 0 Å². The smallest absolute Gasteiger partial charge is 0.0732 e. The van der Waals surface area contributed by atoms with Crippen LogP contribution < -0.4 is 5.32 Å². The van der Waals surface area contributed by atoms with Crippen molar-refractivity contribution in [2.24, 2.45) is 0 Å². The number of hydrogen-bond acceptors (Lipinski definition) is 2. The van der Waals surface area contributed by atoms with Gasteiger partial charge in [-0.15, -0.1) is 11.8 Å². The predicted molar refractivity (Wildman–Crippen MR) is 76.8 cm³/mol. The standard InChI is InChI=1S/C14H20N2S/c1-2-15-9-5-6-10-17-14-11-12-7-3-4-8-13(12)16-14/h3-4,7-8,11,15-16H,2,5-6,9-10H2,1H3. The third-order valence-corrected chi connectivity index (χ3v) is 3.78. The van der Waals surface area contributed by atoms with Crippen LogP contribution in [0.15, 0.2) is 35.4 Å². The van der Waals surface area contributed by atoms with Crippen molar-refractivity contribution in [3.8, 4) is 0 Å². The largest absolute Gasteiger partial charge is 0.350 e. The molecule has 0 unspecified atom stereocenters. The monoisotopic (exact) mass is 248 g/mol. The Balaban J connectivity index is 1.75. The molecule has 0 aliphatic heterocycles. The highest BCUT2D eigenvalue weighted by Gasteiger charge is 1.99. The van der Waals surface area contributed by atoms with E-state index in [1.54, 1.807) is 0 Å². The number of benzene rings is 1. The second kappa shape index (κ2) is 6.72. The summed E-state index contributed by atoms with van der Waals surface area (Å²) in [6, 6.07) is 10.7. The van der Waals surface area contributed by atoms with Crippen LogP contribution in [0.25, 0.3) is 10.9 Å². The maximum atomic E-state index is 3.44. The van der Waals surface area contributed by atoms with Crippen molar-refractivity contribution in [2.75, 3.05) is 18.8 Å². The molecule has 0 aliphatic rings. The molecule has 0 bridgehead atoms. The lowest BCUT2D eigenvalue weighted by Crippen LogP contribution is -2.13. The zero-order valence-electron chi connectivity index (χ0n) is 10.3. The maximum Gasteiger partial charge on any atom is 0.0732 e. The highest BCUT2D eigenvalue weighted by molar-refractivity contribution is 7.99. The Hall–Kier alpha value is -0.930. The summed E-state index contributed by atoms with van der Waals surface area (Å²) >= 11 is 1.92. The predicted octanol–water partition coefficient (Wildman–Crippen LogP) is 3.65. The molecule has 92 valence electrons. The van der Waals surface area contributed by atoms with E-state index in [-0.39, 0.29) is 0 Å². The van der Waals surface area contributed by atoms with Gasteiger partial charge in [-0.05, 0) is 43.8 Å². The summed E-state index contributed by atoms with van der Waals surface area (Å²) in [7, 11) is 0. The van der Waals surface area contributed by atoms with E-state index < -0.39 is 0 Å². The third kappa shape index (κ3) is 3.79. The van der Waals surface area contributed by atoms with E-state index in [4.69, 9.17) is 0 Å². The van der Waals surface area contributed by atoms with Gasteiger partial charge in [-0.2, -0.15) is 0 Å². The number of aromatic nitrogens is 1. The second-order valence-corrected chi connectivity index (χ2v) is 5.27. The van der Waals surface area contributed by atoms with E-state index in [1.807, 2.05) is 11.8 Å². The van der Waals surface area contributed by atoms with Crippen LogP contribution >= 0.6 is 11.8 Å². The highest BCUT2D eigenvalue weighted by atomic mass is 32.2. The first kappa shape index (κ1) is 12.5. The molecule has 0 saturated carbocycles. The Bertz CT molecular complexity index is 417. The molecule has 1 heterocycles. The molecule has 0 amide bonds. The van der Waals surface area contributed by atoms with Crippen LogP contribution in [0.2, 0.25) is 0 Å². The van der Waals surface area contributed by atoms with Crippen molar-refractivity contribution in [1.29, 1.82) is 0 Å². The van der Waals surface area contributed by atoms with Crippen LogP contribution in [0.1, 0.15) is 19.8 Å².